The van der Waals surface area contributed by atoms with Crippen molar-refractivity contribution in [2.24, 2.45) is 11.1 Å². The molecule has 0 aromatic heterocycles. The lowest BCUT2D eigenvalue weighted by Crippen LogP contribution is -2.58. The molecule has 1 rings (SSSR count). The van der Waals surface area contributed by atoms with Crippen molar-refractivity contribution in [3.05, 3.63) is 0 Å². The summed E-state index contributed by atoms with van der Waals surface area (Å²) in [6.45, 7) is 4.51. The minimum absolute atomic E-state index is 0.205. The second kappa shape index (κ2) is 5.67. The summed E-state index contributed by atoms with van der Waals surface area (Å²) in [7, 11) is 1.30. The molecule has 0 radical (unpaired) electrons. The molecule has 0 bridgehead atoms. The van der Waals surface area contributed by atoms with Gasteiger partial charge in [-0.2, -0.15) is 0 Å². The summed E-state index contributed by atoms with van der Waals surface area (Å²) in [5.74, 6) is -0.682. The highest BCUT2D eigenvalue weighted by molar-refractivity contribution is 5.90. The van der Waals surface area contributed by atoms with Crippen LogP contribution in [0, 0.1) is 5.41 Å². The van der Waals surface area contributed by atoms with E-state index in [0.29, 0.717) is 26.1 Å². The summed E-state index contributed by atoms with van der Waals surface area (Å²) >= 11 is 0. The molecule has 104 valence electrons. The maximum absolute atomic E-state index is 12.3. The molecular formula is C12H22N2O4. The molecule has 6 heteroatoms. The minimum atomic E-state index is -1.05. The van der Waals surface area contributed by atoms with Crippen LogP contribution in [0.4, 0.5) is 0 Å². The van der Waals surface area contributed by atoms with E-state index in [-0.39, 0.29) is 12.5 Å². The highest BCUT2D eigenvalue weighted by Crippen LogP contribution is 2.30. The fraction of sp³-hybridized carbons (Fsp3) is 0.833. The van der Waals surface area contributed by atoms with Crippen LogP contribution in [0.1, 0.15) is 26.7 Å². The van der Waals surface area contributed by atoms with Crippen LogP contribution in [-0.2, 0) is 19.1 Å². The van der Waals surface area contributed by atoms with Crippen molar-refractivity contribution >= 4 is 11.9 Å². The average molecular weight is 258 g/mol. The van der Waals surface area contributed by atoms with Crippen molar-refractivity contribution < 1.29 is 19.1 Å². The van der Waals surface area contributed by atoms with Gasteiger partial charge in [0, 0.05) is 19.8 Å². The van der Waals surface area contributed by atoms with Crippen LogP contribution in [0.15, 0.2) is 0 Å². The first-order valence-corrected chi connectivity index (χ1v) is 6.07. The highest BCUT2D eigenvalue weighted by atomic mass is 16.5. The molecule has 1 saturated heterocycles. The summed E-state index contributed by atoms with van der Waals surface area (Å²) in [4.78, 5) is 23.9. The second-order valence-corrected chi connectivity index (χ2v) is 5.17. The van der Waals surface area contributed by atoms with Crippen LogP contribution in [-0.4, -0.2) is 44.3 Å². The van der Waals surface area contributed by atoms with Gasteiger partial charge >= 0.3 is 5.97 Å². The number of rotatable bonds is 4. The lowest BCUT2D eigenvalue weighted by molar-refractivity contribution is -0.152. The van der Waals surface area contributed by atoms with Crippen LogP contribution in [0.3, 0.4) is 0 Å². The largest absolute Gasteiger partial charge is 0.467 e. The number of nitrogens with one attached hydrogen (secondary N) is 1. The molecule has 6 nitrogen and oxygen atoms in total. The van der Waals surface area contributed by atoms with Crippen LogP contribution >= 0.6 is 0 Å². The summed E-state index contributed by atoms with van der Waals surface area (Å²) in [5.41, 5.74) is 4.05. The molecule has 0 aromatic carbocycles. The zero-order valence-electron chi connectivity index (χ0n) is 11.2. The average Bonchev–Trinajstić information content (AvgIpc) is 2.37. The van der Waals surface area contributed by atoms with Gasteiger partial charge in [0.15, 0.2) is 0 Å². The van der Waals surface area contributed by atoms with Gasteiger partial charge in [0.2, 0.25) is 5.91 Å². The van der Waals surface area contributed by atoms with E-state index in [0.717, 1.165) is 0 Å². The van der Waals surface area contributed by atoms with E-state index in [1.165, 1.54) is 7.11 Å². The van der Waals surface area contributed by atoms with Gasteiger partial charge in [-0.3, -0.25) is 4.79 Å². The third-order valence-corrected chi connectivity index (χ3v) is 3.44. The predicted octanol–water partition coefficient (Wildman–Crippen LogP) is -0.190. The zero-order chi connectivity index (χ0) is 13.8. The maximum atomic E-state index is 12.3. The van der Waals surface area contributed by atoms with Crippen molar-refractivity contribution in [2.45, 2.75) is 32.2 Å². The van der Waals surface area contributed by atoms with E-state index in [2.05, 4.69) is 10.1 Å². The topological polar surface area (TPSA) is 90.7 Å². The third kappa shape index (κ3) is 3.00. The molecule has 0 spiro atoms. The molecule has 18 heavy (non-hydrogen) atoms. The Labute approximate surface area is 107 Å². The number of methoxy groups -OCH3 is 1. The van der Waals surface area contributed by atoms with Gasteiger partial charge in [-0.15, -0.1) is 0 Å². The van der Waals surface area contributed by atoms with Gasteiger partial charge in [0.1, 0.15) is 5.54 Å². The molecule has 1 fully saturated rings. The van der Waals surface area contributed by atoms with E-state index in [9.17, 15) is 9.59 Å². The third-order valence-electron chi connectivity index (χ3n) is 3.44. The number of ether oxygens (including phenoxy) is 2. The highest BCUT2D eigenvalue weighted by Gasteiger charge is 2.42. The smallest absolute Gasteiger partial charge is 0.330 e. The number of carbonyl (C=O) groups is 2. The Morgan fingerprint density at radius 1 is 1.39 bits per heavy atom. The SMILES string of the molecule is COC(=O)C(C)(C)NC(=O)C1(CN)CCOCC1. The van der Waals surface area contributed by atoms with Crippen LogP contribution in [0.5, 0.6) is 0 Å². The van der Waals surface area contributed by atoms with Gasteiger partial charge in [0.05, 0.1) is 12.5 Å². The first-order chi connectivity index (χ1) is 8.38. The van der Waals surface area contributed by atoms with Gasteiger partial charge in [0.25, 0.3) is 0 Å². The number of esters is 1. The summed E-state index contributed by atoms with van der Waals surface area (Å²) < 4.78 is 9.91. The molecule has 1 amide bonds. The Morgan fingerprint density at radius 3 is 2.39 bits per heavy atom. The van der Waals surface area contributed by atoms with Gasteiger partial charge in [-0.1, -0.05) is 0 Å². The summed E-state index contributed by atoms with van der Waals surface area (Å²) in [6.07, 6.45) is 1.15. The molecule has 1 heterocycles. The van der Waals surface area contributed by atoms with Crippen molar-refractivity contribution in [2.75, 3.05) is 26.9 Å². The maximum Gasteiger partial charge on any atom is 0.330 e. The molecular weight excluding hydrogens is 236 g/mol. The number of hydrogen-bond donors (Lipinski definition) is 2. The Bertz CT molecular complexity index is 322. The summed E-state index contributed by atoms with van der Waals surface area (Å²) in [5, 5.41) is 2.72. The fourth-order valence-corrected chi connectivity index (χ4v) is 2.01. The standard InChI is InChI=1S/C12H22N2O4/c1-11(2,10(16)17-3)14-9(15)12(8-13)4-6-18-7-5-12/h4-8,13H2,1-3H3,(H,14,15). The number of nitrogens with two attached hydrogens (primary N) is 1. The van der Waals surface area contributed by atoms with E-state index in [1.807, 2.05) is 0 Å². The first-order valence-electron chi connectivity index (χ1n) is 6.07. The normalized spacial score (nSPS) is 19.1. The molecule has 0 aliphatic carbocycles. The molecule has 0 unspecified atom stereocenters. The Morgan fingerprint density at radius 2 is 1.94 bits per heavy atom. The van der Waals surface area contributed by atoms with Crippen molar-refractivity contribution in [1.82, 2.24) is 5.32 Å². The second-order valence-electron chi connectivity index (χ2n) is 5.17. The Balaban J connectivity index is 2.76. The Hall–Kier alpha value is -1.14. The molecule has 0 saturated carbocycles. The van der Waals surface area contributed by atoms with Gasteiger partial charge in [-0.25, -0.2) is 4.79 Å². The van der Waals surface area contributed by atoms with Crippen molar-refractivity contribution in [3.8, 4) is 0 Å². The molecule has 0 atom stereocenters. The predicted molar refractivity (Wildman–Crippen MR) is 65.8 cm³/mol. The number of carbonyl (C=O) groups excluding carboxylic acids is 2. The first kappa shape index (κ1) is 14.9. The molecule has 1 aliphatic rings. The molecule has 0 aromatic rings. The van der Waals surface area contributed by atoms with Crippen molar-refractivity contribution in [3.63, 3.8) is 0 Å². The van der Waals surface area contributed by atoms with E-state index in [1.54, 1.807) is 13.8 Å². The molecule has 1 aliphatic heterocycles. The van der Waals surface area contributed by atoms with Crippen molar-refractivity contribution in [1.29, 1.82) is 0 Å². The van der Waals surface area contributed by atoms with Crippen LogP contribution in [0.2, 0.25) is 0 Å². The van der Waals surface area contributed by atoms with E-state index < -0.39 is 16.9 Å². The summed E-state index contributed by atoms with van der Waals surface area (Å²) in [6, 6.07) is 0. The fourth-order valence-electron chi connectivity index (χ4n) is 2.01. The van der Waals surface area contributed by atoms with Crippen LogP contribution in [0.25, 0.3) is 0 Å². The quantitative estimate of drug-likeness (QED) is 0.682. The van der Waals surface area contributed by atoms with E-state index in [4.69, 9.17) is 10.5 Å². The lowest BCUT2D eigenvalue weighted by atomic mass is 9.78. The van der Waals surface area contributed by atoms with Crippen LogP contribution < -0.4 is 11.1 Å². The minimum Gasteiger partial charge on any atom is -0.467 e. The zero-order valence-corrected chi connectivity index (χ0v) is 11.2. The number of hydrogen-bond acceptors (Lipinski definition) is 5. The monoisotopic (exact) mass is 258 g/mol. The van der Waals surface area contributed by atoms with Gasteiger partial charge in [-0.05, 0) is 26.7 Å². The lowest BCUT2D eigenvalue weighted by Gasteiger charge is -2.37. The molecule has 3 N–H and O–H groups in total. The Kier molecular flexibility index (Phi) is 4.70. The number of amides is 1. The van der Waals surface area contributed by atoms with Gasteiger partial charge < -0.3 is 20.5 Å². The van der Waals surface area contributed by atoms with E-state index >= 15 is 0 Å².